The van der Waals surface area contributed by atoms with Crippen LogP contribution in [0.1, 0.15) is 18.7 Å². The van der Waals surface area contributed by atoms with Crippen molar-refractivity contribution in [1.29, 1.82) is 0 Å². The molecular formula is C7H9N5O2S. The number of aryl methyl sites for hydroxylation is 1. The molecule has 8 heteroatoms. The van der Waals surface area contributed by atoms with Crippen LogP contribution in [-0.4, -0.2) is 30.9 Å². The molecule has 0 saturated heterocycles. The Morgan fingerprint density at radius 3 is 3.07 bits per heavy atom. The van der Waals surface area contributed by atoms with Gasteiger partial charge in [-0.2, -0.15) is 4.52 Å². The number of anilines is 1. The van der Waals surface area contributed by atoms with Gasteiger partial charge in [0.2, 0.25) is 10.1 Å². The van der Waals surface area contributed by atoms with Crippen LogP contribution in [0.3, 0.4) is 0 Å². The molecule has 0 saturated carbocycles. The summed E-state index contributed by atoms with van der Waals surface area (Å²) < 4.78 is 1.56. The average molecular weight is 227 g/mol. The van der Waals surface area contributed by atoms with Gasteiger partial charge >= 0.3 is 5.97 Å². The van der Waals surface area contributed by atoms with Crippen molar-refractivity contribution in [3.8, 4) is 0 Å². The molecule has 0 atom stereocenters. The van der Waals surface area contributed by atoms with E-state index in [1.54, 1.807) is 4.52 Å². The molecule has 0 aromatic carbocycles. The molecule has 0 aliphatic carbocycles. The maximum Gasteiger partial charge on any atom is 0.303 e. The van der Waals surface area contributed by atoms with Crippen molar-refractivity contribution in [1.82, 2.24) is 19.8 Å². The van der Waals surface area contributed by atoms with E-state index in [0.717, 1.165) is 0 Å². The zero-order valence-electron chi connectivity index (χ0n) is 7.75. The maximum atomic E-state index is 10.3. The summed E-state index contributed by atoms with van der Waals surface area (Å²) in [5.41, 5.74) is 5.51. The Morgan fingerprint density at radius 2 is 2.33 bits per heavy atom. The van der Waals surface area contributed by atoms with Gasteiger partial charge in [-0.1, -0.05) is 11.3 Å². The van der Waals surface area contributed by atoms with Crippen molar-refractivity contribution in [2.45, 2.75) is 19.3 Å². The highest BCUT2D eigenvalue weighted by molar-refractivity contribution is 7.20. The number of nitrogens with two attached hydrogens (primary N) is 1. The van der Waals surface area contributed by atoms with Gasteiger partial charge in [0.1, 0.15) is 0 Å². The molecule has 0 amide bonds. The second kappa shape index (κ2) is 3.81. The number of rotatable bonds is 4. The van der Waals surface area contributed by atoms with Gasteiger partial charge in [-0.15, -0.1) is 15.3 Å². The number of aromatic nitrogens is 4. The molecule has 80 valence electrons. The van der Waals surface area contributed by atoms with E-state index in [1.807, 2.05) is 0 Å². The maximum absolute atomic E-state index is 10.3. The molecule has 2 aromatic heterocycles. The minimum atomic E-state index is -0.812. The van der Waals surface area contributed by atoms with E-state index in [-0.39, 0.29) is 6.42 Å². The molecule has 2 aromatic rings. The monoisotopic (exact) mass is 227 g/mol. The highest BCUT2D eigenvalue weighted by atomic mass is 32.1. The van der Waals surface area contributed by atoms with Crippen molar-refractivity contribution in [3.63, 3.8) is 0 Å². The van der Waals surface area contributed by atoms with Gasteiger partial charge in [-0.25, -0.2) is 0 Å². The standard InChI is InChI=1S/C7H9N5O2S/c8-6-11-12-4(2-1-3-5(13)14)9-10-7(12)15-6/h1-3H2,(H2,8,11)(H,13,14). The normalized spacial score (nSPS) is 10.9. The molecule has 0 bridgehead atoms. The first kappa shape index (κ1) is 9.84. The van der Waals surface area contributed by atoms with Crippen LogP contribution >= 0.6 is 11.3 Å². The molecule has 0 aliphatic rings. The number of hydrogen-bond acceptors (Lipinski definition) is 6. The number of carbonyl (C=O) groups is 1. The van der Waals surface area contributed by atoms with Crippen molar-refractivity contribution >= 4 is 27.4 Å². The van der Waals surface area contributed by atoms with E-state index in [9.17, 15) is 4.79 Å². The summed E-state index contributed by atoms with van der Waals surface area (Å²) in [5, 5.41) is 20.7. The van der Waals surface area contributed by atoms with Crippen LogP contribution in [0.15, 0.2) is 0 Å². The summed E-state index contributed by atoms with van der Waals surface area (Å²) in [6.07, 6.45) is 1.18. The fourth-order valence-electron chi connectivity index (χ4n) is 1.23. The Kier molecular flexibility index (Phi) is 2.50. The van der Waals surface area contributed by atoms with Crippen LogP contribution in [0.5, 0.6) is 0 Å². The van der Waals surface area contributed by atoms with E-state index in [4.69, 9.17) is 10.8 Å². The molecule has 2 rings (SSSR count). The van der Waals surface area contributed by atoms with Crippen LogP contribution in [0.2, 0.25) is 0 Å². The molecule has 3 N–H and O–H groups in total. The Hall–Kier alpha value is -1.70. The molecule has 0 fully saturated rings. The lowest BCUT2D eigenvalue weighted by molar-refractivity contribution is -0.137. The number of fused-ring (bicyclic) bond motifs is 1. The Bertz CT molecular complexity index is 490. The first-order chi connectivity index (χ1) is 7.16. The molecule has 0 aliphatic heterocycles. The van der Waals surface area contributed by atoms with Crippen molar-refractivity contribution in [2.24, 2.45) is 0 Å². The lowest BCUT2D eigenvalue weighted by atomic mass is 10.2. The number of aliphatic carboxylic acids is 1. The van der Waals surface area contributed by atoms with Crippen LogP contribution in [-0.2, 0) is 11.2 Å². The molecule has 7 nitrogen and oxygen atoms in total. The van der Waals surface area contributed by atoms with E-state index in [2.05, 4.69) is 15.3 Å². The summed E-state index contributed by atoms with van der Waals surface area (Å²) in [4.78, 5) is 11.0. The van der Waals surface area contributed by atoms with Gasteiger partial charge in [0.25, 0.3) is 0 Å². The number of nitrogen functional groups attached to an aromatic ring is 1. The Morgan fingerprint density at radius 1 is 1.53 bits per heavy atom. The third-order valence-electron chi connectivity index (χ3n) is 1.86. The predicted molar refractivity (Wildman–Crippen MR) is 53.6 cm³/mol. The minimum absolute atomic E-state index is 0.120. The number of hydrogen-bond donors (Lipinski definition) is 2. The fourth-order valence-corrected chi connectivity index (χ4v) is 1.85. The summed E-state index contributed by atoms with van der Waals surface area (Å²) in [6.45, 7) is 0. The van der Waals surface area contributed by atoms with Gasteiger partial charge in [0.15, 0.2) is 5.82 Å². The molecule has 2 heterocycles. The fraction of sp³-hybridized carbons (Fsp3) is 0.429. The van der Waals surface area contributed by atoms with Crippen LogP contribution in [0, 0.1) is 0 Å². The quantitative estimate of drug-likeness (QED) is 0.771. The third kappa shape index (κ3) is 2.04. The largest absolute Gasteiger partial charge is 0.481 e. The first-order valence-electron chi connectivity index (χ1n) is 4.35. The summed E-state index contributed by atoms with van der Waals surface area (Å²) in [7, 11) is 0. The Balaban J connectivity index is 2.10. The van der Waals surface area contributed by atoms with Gasteiger partial charge in [0, 0.05) is 12.8 Å². The van der Waals surface area contributed by atoms with E-state index in [1.165, 1.54) is 11.3 Å². The van der Waals surface area contributed by atoms with Crippen molar-refractivity contribution in [2.75, 3.05) is 5.73 Å². The third-order valence-corrected chi connectivity index (χ3v) is 2.59. The Labute approximate surface area is 88.5 Å². The van der Waals surface area contributed by atoms with Gasteiger partial charge < -0.3 is 10.8 Å². The van der Waals surface area contributed by atoms with Crippen molar-refractivity contribution in [3.05, 3.63) is 5.82 Å². The van der Waals surface area contributed by atoms with Gasteiger partial charge in [-0.05, 0) is 6.42 Å². The second-order valence-corrected chi connectivity index (χ2v) is 3.99. The molecule has 0 spiro atoms. The van der Waals surface area contributed by atoms with E-state index < -0.39 is 5.97 Å². The summed E-state index contributed by atoms with van der Waals surface area (Å²) >= 11 is 1.25. The number of nitrogens with zero attached hydrogens (tertiary/aromatic N) is 4. The van der Waals surface area contributed by atoms with Gasteiger partial charge in [0.05, 0.1) is 0 Å². The number of carboxylic acids is 1. The highest BCUT2D eigenvalue weighted by Gasteiger charge is 2.10. The summed E-state index contributed by atoms with van der Waals surface area (Å²) in [5.74, 6) is -0.159. The van der Waals surface area contributed by atoms with Gasteiger partial charge in [-0.3, -0.25) is 4.79 Å². The molecule has 0 radical (unpaired) electrons. The lowest BCUT2D eigenvalue weighted by Crippen LogP contribution is -2.00. The van der Waals surface area contributed by atoms with Crippen LogP contribution in [0.25, 0.3) is 4.96 Å². The average Bonchev–Trinajstić information content (AvgIpc) is 2.65. The number of carboxylic acid groups (broad SMARTS) is 1. The SMILES string of the molecule is Nc1nn2c(CCCC(=O)O)nnc2s1. The highest BCUT2D eigenvalue weighted by Crippen LogP contribution is 2.15. The smallest absolute Gasteiger partial charge is 0.303 e. The lowest BCUT2D eigenvalue weighted by Gasteiger charge is -1.93. The molecular weight excluding hydrogens is 218 g/mol. The van der Waals surface area contributed by atoms with Crippen LogP contribution < -0.4 is 5.73 Å². The van der Waals surface area contributed by atoms with Crippen LogP contribution in [0.4, 0.5) is 5.13 Å². The topological polar surface area (TPSA) is 106 Å². The zero-order valence-corrected chi connectivity index (χ0v) is 8.57. The molecule has 0 unspecified atom stereocenters. The van der Waals surface area contributed by atoms with E-state index in [0.29, 0.717) is 28.8 Å². The zero-order chi connectivity index (χ0) is 10.8. The van der Waals surface area contributed by atoms with Crippen molar-refractivity contribution < 1.29 is 9.90 Å². The van der Waals surface area contributed by atoms with E-state index >= 15 is 0 Å². The predicted octanol–water partition coefficient (Wildman–Crippen LogP) is 0.175. The summed E-state index contributed by atoms with van der Waals surface area (Å²) in [6, 6.07) is 0. The molecule has 15 heavy (non-hydrogen) atoms. The first-order valence-corrected chi connectivity index (χ1v) is 5.17. The minimum Gasteiger partial charge on any atom is -0.481 e. The second-order valence-electron chi connectivity index (χ2n) is 3.00.